The van der Waals surface area contributed by atoms with E-state index in [1.54, 1.807) is 6.92 Å². The van der Waals surface area contributed by atoms with Crippen LogP contribution < -0.4 is 10.0 Å². The van der Waals surface area contributed by atoms with Crippen LogP contribution in [0.15, 0.2) is 0 Å². The quantitative estimate of drug-likeness (QED) is 0.461. The molecule has 0 bridgehead atoms. The van der Waals surface area contributed by atoms with E-state index in [1.807, 2.05) is 6.92 Å². The molecule has 0 aliphatic heterocycles. The molecule has 0 aliphatic carbocycles. The molecule has 0 aliphatic rings. The molecule has 0 saturated heterocycles. The first-order chi connectivity index (χ1) is 7.87. The summed E-state index contributed by atoms with van der Waals surface area (Å²) in [5.74, 6) is 0.714. The Labute approximate surface area is 105 Å². The molecule has 0 radical (unpaired) electrons. The number of hydrogen-bond acceptors (Lipinski definition) is 4. The van der Waals surface area contributed by atoms with Crippen molar-refractivity contribution in [2.24, 2.45) is 5.92 Å². The molecule has 0 amide bonds. The molecule has 6 heteroatoms. The van der Waals surface area contributed by atoms with Gasteiger partial charge >= 0.3 is 0 Å². The molecule has 0 aromatic carbocycles. The van der Waals surface area contributed by atoms with Crippen LogP contribution in [0.5, 0.6) is 0 Å². The summed E-state index contributed by atoms with van der Waals surface area (Å²) >= 11 is 0. The van der Waals surface area contributed by atoms with E-state index in [0.717, 1.165) is 13.0 Å². The second kappa shape index (κ2) is 8.85. The van der Waals surface area contributed by atoms with E-state index in [0.29, 0.717) is 19.1 Å². The zero-order valence-corrected chi connectivity index (χ0v) is 12.1. The lowest BCUT2D eigenvalue weighted by Gasteiger charge is -2.16. The van der Waals surface area contributed by atoms with Crippen LogP contribution in [0.1, 0.15) is 40.5 Å². The average molecular weight is 266 g/mol. The molecule has 0 fully saturated rings. The molecule has 1 unspecified atom stereocenters. The molecule has 0 saturated carbocycles. The highest BCUT2D eigenvalue weighted by Crippen LogP contribution is 1.96. The van der Waals surface area contributed by atoms with Crippen LogP contribution >= 0.6 is 0 Å². The molecular weight excluding hydrogens is 240 g/mol. The minimum Gasteiger partial charge on any atom is -0.348 e. The van der Waals surface area contributed by atoms with E-state index >= 15 is 0 Å². The van der Waals surface area contributed by atoms with E-state index in [9.17, 15) is 8.42 Å². The lowest BCUT2D eigenvalue weighted by atomic mass is 10.2. The van der Waals surface area contributed by atoms with Gasteiger partial charge < -0.3 is 4.74 Å². The average Bonchev–Trinajstić information content (AvgIpc) is 2.21. The van der Waals surface area contributed by atoms with Crippen molar-refractivity contribution >= 4 is 10.0 Å². The van der Waals surface area contributed by atoms with Crippen molar-refractivity contribution in [3.8, 4) is 0 Å². The Balaban J connectivity index is 3.73. The summed E-state index contributed by atoms with van der Waals surface area (Å²) in [6.45, 7) is 9.07. The van der Waals surface area contributed by atoms with Gasteiger partial charge in [0.25, 0.3) is 0 Å². The fourth-order valence-corrected chi connectivity index (χ4v) is 2.57. The second-order valence-corrected chi connectivity index (χ2v) is 6.46. The standard InChI is InChI=1S/C11H26N2O3S/c1-5-6-7-17(14,15)13-11(4)16-9-12-8-10(2)3/h10-13H,5-9H2,1-4H3. The van der Waals surface area contributed by atoms with Crippen molar-refractivity contribution in [2.75, 3.05) is 19.0 Å². The van der Waals surface area contributed by atoms with Crippen LogP contribution in [0.25, 0.3) is 0 Å². The third-order valence-corrected chi connectivity index (χ3v) is 3.62. The van der Waals surface area contributed by atoms with Gasteiger partial charge in [-0.1, -0.05) is 27.2 Å². The molecule has 1 atom stereocenters. The van der Waals surface area contributed by atoms with Gasteiger partial charge in [-0.2, -0.15) is 4.72 Å². The van der Waals surface area contributed by atoms with Gasteiger partial charge in [-0.15, -0.1) is 0 Å². The first-order valence-electron chi connectivity index (χ1n) is 6.19. The Bertz CT molecular complexity index is 278. The van der Waals surface area contributed by atoms with Gasteiger partial charge in [0.05, 0.1) is 12.5 Å². The highest BCUT2D eigenvalue weighted by Gasteiger charge is 2.13. The van der Waals surface area contributed by atoms with Crippen molar-refractivity contribution in [3.63, 3.8) is 0 Å². The highest BCUT2D eigenvalue weighted by atomic mass is 32.2. The second-order valence-electron chi connectivity index (χ2n) is 4.59. The molecule has 0 spiro atoms. The van der Waals surface area contributed by atoms with E-state index in [1.165, 1.54) is 0 Å². The Morgan fingerprint density at radius 1 is 1.24 bits per heavy atom. The Kier molecular flexibility index (Phi) is 8.77. The summed E-state index contributed by atoms with van der Waals surface area (Å²) in [6, 6.07) is 0. The van der Waals surface area contributed by atoms with Gasteiger partial charge in [0, 0.05) is 0 Å². The number of sulfonamides is 1. The number of ether oxygens (including phenoxy) is 1. The molecule has 0 aromatic rings. The molecule has 17 heavy (non-hydrogen) atoms. The van der Waals surface area contributed by atoms with E-state index in [2.05, 4.69) is 23.9 Å². The summed E-state index contributed by atoms with van der Waals surface area (Å²) in [4.78, 5) is 0. The van der Waals surface area contributed by atoms with Gasteiger partial charge in [0.2, 0.25) is 10.0 Å². The van der Waals surface area contributed by atoms with E-state index in [-0.39, 0.29) is 5.75 Å². The monoisotopic (exact) mass is 266 g/mol. The van der Waals surface area contributed by atoms with Crippen molar-refractivity contribution < 1.29 is 13.2 Å². The number of nitrogens with one attached hydrogen (secondary N) is 2. The van der Waals surface area contributed by atoms with Crippen LogP contribution in [0.2, 0.25) is 0 Å². The van der Waals surface area contributed by atoms with E-state index in [4.69, 9.17) is 4.74 Å². The van der Waals surface area contributed by atoms with Crippen LogP contribution in [0.4, 0.5) is 0 Å². The minimum atomic E-state index is -3.20. The van der Waals surface area contributed by atoms with E-state index < -0.39 is 16.3 Å². The third-order valence-electron chi connectivity index (χ3n) is 2.10. The molecule has 0 rings (SSSR count). The summed E-state index contributed by atoms with van der Waals surface area (Å²) in [5, 5.41) is 3.09. The van der Waals surface area contributed by atoms with Crippen LogP contribution in [-0.2, 0) is 14.8 Å². The fraction of sp³-hybridized carbons (Fsp3) is 1.00. The van der Waals surface area contributed by atoms with Gasteiger partial charge in [-0.3, -0.25) is 5.32 Å². The normalized spacial score (nSPS) is 14.2. The van der Waals surface area contributed by atoms with Crippen molar-refractivity contribution in [2.45, 2.75) is 46.8 Å². The first kappa shape index (κ1) is 16.8. The summed E-state index contributed by atoms with van der Waals surface area (Å²) in [5.41, 5.74) is 0. The summed E-state index contributed by atoms with van der Waals surface area (Å²) in [7, 11) is -3.20. The molecule has 5 nitrogen and oxygen atoms in total. The predicted octanol–water partition coefficient (Wildman–Crippen LogP) is 1.27. The lowest BCUT2D eigenvalue weighted by Crippen LogP contribution is -2.38. The predicted molar refractivity (Wildman–Crippen MR) is 70.1 cm³/mol. The smallest absolute Gasteiger partial charge is 0.213 e. The minimum absolute atomic E-state index is 0.163. The zero-order valence-electron chi connectivity index (χ0n) is 11.3. The molecule has 0 heterocycles. The lowest BCUT2D eigenvalue weighted by molar-refractivity contribution is 0.0446. The third kappa shape index (κ3) is 10.7. The molecule has 104 valence electrons. The summed E-state index contributed by atoms with van der Waals surface area (Å²) < 4.78 is 30.9. The highest BCUT2D eigenvalue weighted by molar-refractivity contribution is 7.89. The van der Waals surface area contributed by atoms with Crippen molar-refractivity contribution in [3.05, 3.63) is 0 Å². The topological polar surface area (TPSA) is 67.4 Å². The largest absolute Gasteiger partial charge is 0.348 e. The maximum Gasteiger partial charge on any atom is 0.213 e. The zero-order chi connectivity index (χ0) is 13.3. The van der Waals surface area contributed by atoms with Crippen molar-refractivity contribution in [1.82, 2.24) is 10.0 Å². The van der Waals surface area contributed by atoms with Gasteiger partial charge in [0.15, 0.2) is 0 Å². The Morgan fingerprint density at radius 2 is 1.88 bits per heavy atom. The molecule has 0 aromatic heterocycles. The fourth-order valence-electron chi connectivity index (χ4n) is 1.21. The van der Waals surface area contributed by atoms with Gasteiger partial charge in [-0.25, -0.2) is 8.42 Å². The Morgan fingerprint density at radius 3 is 2.41 bits per heavy atom. The maximum absolute atomic E-state index is 11.5. The first-order valence-corrected chi connectivity index (χ1v) is 7.85. The number of hydrogen-bond donors (Lipinski definition) is 2. The van der Waals surface area contributed by atoms with Gasteiger partial charge in [0.1, 0.15) is 6.23 Å². The van der Waals surface area contributed by atoms with Crippen molar-refractivity contribution in [1.29, 1.82) is 0 Å². The number of rotatable bonds is 10. The number of unbranched alkanes of at least 4 members (excludes halogenated alkanes) is 1. The van der Waals surface area contributed by atoms with Crippen LogP contribution in [0.3, 0.4) is 0 Å². The van der Waals surface area contributed by atoms with Gasteiger partial charge in [-0.05, 0) is 25.8 Å². The Hall–Kier alpha value is -0.170. The maximum atomic E-state index is 11.5. The molecular formula is C11H26N2O3S. The van der Waals surface area contributed by atoms with Crippen LogP contribution in [-0.4, -0.2) is 33.7 Å². The SMILES string of the molecule is CCCCS(=O)(=O)NC(C)OCNCC(C)C. The van der Waals surface area contributed by atoms with Crippen LogP contribution in [0, 0.1) is 5.92 Å². The molecule has 2 N–H and O–H groups in total. The summed E-state index contributed by atoms with van der Waals surface area (Å²) in [6.07, 6.45) is 1.05.